The molecular formula is C11H25NS. The smallest absolute Gasteiger partial charge is 0.00203 e. The second-order valence-corrected chi connectivity index (χ2v) is 4.86. The van der Waals surface area contributed by atoms with Crippen molar-refractivity contribution in [3.05, 3.63) is 0 Å². The fourth-order valence-electron chi connectivity index (χ4n) is 1.33. The topological polar surface area (TPSA) is 12.0 Å². The van der Waals surface area contributed by atoms with Gasteiger partial charge in [0.2, 0.25) is 0 Å². The Balaban J connectivity index is 3.28. The maximum Gasteiger partial charge on any atom is -0.00203 e. The van der Waals surface area contributed by atoms with Crippen LogP contribution in [-0.2, 0) is 0 Å². The number of thioether (sulfide) groups is 1. The standard InChI is InChI=1S/C11H25NS/c1-4-8-12-10-11(5-2)7-9-13-6-3/h11-12H,4-10H2,1-3H3. The molecule has 0 saturated heterocycles. The Morgan fingerprint density at radius 2 is 2.00 bits per heavy atom. The second-order valence-electron chi connectivity index (χ2n) is 3.46. The highest BCUT2D eigenvalue weighted by Crippen LogP contribution is 2.11. The normalized spacial score (nSPS) is 13.2. The first-order valence-electron chi connectivity index (χ1n) is 5.63. The predicted octanol–water partition coefficient (Wildman–Crippen LogP) is 3.16. The molecule has 0 heterocycles. The third kappa shape index (κ3) is 8.63. The summed E-state index contributed by atoms with van der Waals surface area (Å²) in [5, 5.41) is 3.50. The molecule has 2 heteroatoms. The van der Waals surface area contributed by atoms with Gasteiger partial charge in [-0.25, -0.2) is 0 Å². The maximum absolute atomic E-state index is 3.50. The number of hydrogen-bond donors (Lipinski definition) is 1. The van der Waals surface area contributed by atoms with E-state index < -0.39 is 0 Å². The number of nitrogens with one attached hydrogen (secondary N) is 1. The summed E-state index contributed by atoms with van der Waals surface area (Å²) >= 11 is 2.06. The number of rotatable bonds is 9. The second kappa shape index (κ2) is 10.4. The van der Waals surface area contributed by atoms with E-state index in [1.807, 2.05) is 0 Å². The molecular weight excluding hydrogens is 178 g/mol. The van der Waals surface area contributed by atoms with Crippen molar-refractivity contribution in [1.82, 2.24) is 5.32 Å². The van der Waals surface area contributed by atoms with E-state index in [1.165, 1.54) is 43.9 Å². The molecule has 0 aromatic rings. The van der Waals surface area contributed by atoms with Gasteiger partial charge in [-0.05, 0) is 43.4 Å². The van der Waals surface area contributed by atoms with Gasteiger partial charge in [-0.1, -0.05) is 27.2 Å². The zero-order valence-electron chi connectivity index (χ0n) is 9.44. The summed E-state index contributed by atoms with van der Waals surface area (Å²) in [6.45, 7) is 9.16. The first-order chi connectivity index (χ1) is 6.35. The van der Waals surface area contributed by atoms with Crippen LogP contribution in [0, 0.1) is 5.92 Å². The van der Waals surface area contributed by atoms with E-state index in [9.17, 15) is 0 Å². The van der Waals surface area contributed by atoms with Gasteiger partial charge in [-0.3, -0.25) is 0 Å². The minimum atomic E-state index is 0.894. The molecule has 0 bridgehead atoms. The van der Waals surface area contributed by atoms with E-state index in [0.29, 0.717) is 0 Å². The van der Waals surface area contributed by atoms with Crippen molar-refractivity contribution in [3.8, 4) is 0 Å². The molecule has 0 aromatic carbocycles. The van der Waals surface area contributed by atoms with Crippen LogP contribution in [0.2, 0.25) is 0 Å². The quantitative estimate of drug-likeness (QED) is 0.578. The molecule has 80 valence electrons. The molecule has 0 fully saturated rings. The van der Waals surface area contributed by atoms with Gasteiger partial charge in [0.05, 0.1) is 0 Å². The number of hydrogen-bond acceptors (Lipinski definition) is 2. The first kappa shape index (κ1) is 13.3. The Bertz CT molecular complexity index is 86.1. The molecule has 0 radical (unpaired) electrons. The summed E-state index contributed by atoms with van der Waals surface area (Å²) in [7, 11) is 0. The molecule has 0 rings (SSSR count). The lowest BCUT2D eigenvalue weighted by Crippen LogP contribution is -2.23. The van der Waals surface area contributed by atoms with Crippen molar-refractivity contribution in [2.24, 2.45) is 5.92 Å². The fourth-order valence-corrected chi connectivity index (χ4v) is 2.12. The van der Waals surface area contributed by atoms with Gasteiger partial charge in [-0.15, -0.1) is 0 Å². The van der Waals surface area contributed by atoms with Crippen molar-refractivity contribution in [1.29, 1.82) is 0 Å². The third-order valence-electron chi connectivity index (χ3n) is 2.31. The van der Waals surface area contributed by atoms with Gasteiger partial charge in [0.15, 0.2) is 0 Å². The zero-order valence-corrected chi connectivity index (χ0v) is 10.3. The summed E-state index contributed by atoms with van der Waals surface area (Å²) in [5.74, 6) is 3.49. The first-order valence-corrected chi connectivity index (χ1v) is 6.79. The molecule has 1 atom stereocenters. The van der Waals surface area contributed by atoms with Crippen LogP contribution in [0.5, 0.6) is 0 Å². The van der Waals surface area contributed by atoms with Crippen molar-refractivity contribution >= 4 is 11.8 Å². The Labute approximate surface area is 88.1 Å². The van der Waals surface area contributed by atoms with Gasteiger partial charge in [0.25, 0.3) is 0 Å². The average Bonchev–Trinajstić information content (AvgIpc) is 2.16. The largest absolute Gasteiger partial charge is 0.316 e. The molecule has 1 nitrogen and oxygen atoms in total. The molecule has 0 saturated carbocycles. The lowest BCUT2D eigenvalue weighted by molar-refractivity contribution is 0.453. The van der Waals surface area contributed by atoms with Crippen LogP contribution in [0.3, 0.4) is 0 Å². The van der Waals surface area contributed by atoms with E-state index in [-0.39, 0.29) is 0 Å². The minimum Gasteiger partial charge on any atom is -0.316 e. The van der Waals surface area contributed by atoms with E-state index in [0.717, 1.165) is 5.92 Å². The Morgan fingerprint density at radius 1 is 1.23 bits per heavy atom. The molecule has 13 heavy (non-hydrogen) atoms. The minimum absolute atomic E-state index is 0.894. The highest BCUT2D eigenvalue weighted by atomic mass is 32.2. The summed E-state index contributed by atoms with van der Waals surface area (Å²) in [5.41, 5.74) is 0. The van der Waals surface area contributed by atoms with Gasteiger partial charge < -0.3 is 5.32 Å². The molecule has 0 aromatic heterocycles. The molecule has 0 amide bonds. The Morgan fingerprint density at radius 3 is 2.54 bits per heavy atom. The van der Waals surface area contributed by atoms with Crippen LogP contribution in [-0.4, -0.2) is 24.6 Å². The van der Waals surface area contributed by atoms with Crippen LogP contribution >= 0.6 is 11.8 Å². The molecule has 0 spiro atoms. The molecule has 1 unspecified atom stereocenters. The zero-order chi connectivity index (χ0) is 9.94. The summed E-state index contributed by atoms with van der Waals surface area (Å²) in [6, 6.07) is 0. The SMILES string of the molecule is CCCNCC(CC)CCSCC. The lowest BCUT2D eigenvalue weighted by Gasteiger charge is -2.14. The van der Waals surface area contributed by atoms with Gasteiger partial charge in [-0.2, -0.15) is 11.8 Å². The van der Waals surface area contributed by atoms with Gasteiger partial charge >= 0.3 is 0 Å². The van der Waals surface area contributed by atoms with Gasteiger partial charge in [0.1, 0.15) is 0 Å². The summed E-state index contributed by atoms with van der Waals surface area (Å²) in [4.78, 5) is 0. The van der Waals surface area contributed by atoms with Gasteiger partial charge in [0, 0.05) is 0 Å². The third-order valence-corrected chi connectivity index (χ3v) is 3.24. The maximum atomic E-state index is 3.50. The van der Waals surface area contributed by atoms with Crippen molar-refractivity contribution in [2.45, 2.75) is 40.0 Å². The van der Waals surface area contributed by atoms with Crippen molar-refractivity contribution in [2.75, 3.05) is 24.6 Å². The lowest BCUT2D eigenvalue weighted by atomic mass is 10.0. The van der Waals surface area contributed by atoms with E-state index in [2.05, 4.69) is 37.8 Å². The highest BCUT2D eigenvalue weighted by molar-refractivity contribution is 7.99. The molecule has 0 aliphatic carbocycles. The Hall–Kier alpha value is 0.310. The fraction of sp³-hybridized carbons (Fsp3) is 1.00. The summed E-state index contributed by atoms with van der Waals surface area (Å²) < 4.78 is 0. The van der Waals surface area contributed by atoms with E-state index in [1.54, 1.807) is 0 Å². The molecule has 1 N–H and O–H groups in total. The average molecular weight is 203 g/mol. The van der Waals surface area contributed by atoms with Crippen molar-refractivity contribution in [3.63, 3.8) is 0 Å². The molecule has 0 aliphatic rings. The molecule has 0 aliphatic heterocycles. The van der Waals surface area contributed by atoms with Crippen molar-refractivity contribution < 1.29 is 0 Å². The highest BCUT2D eigenvalue weighted by Gasteiger charge is 2.04. The Kier molecular flexibility index (Phi) is 10.6. The monoisotopic (exact) mass is 203 g/mol. The summed E-state index contributed by atoms with van der Waals surface area (Å²) in [6.07, 6.45) is 3.95. The van der Waals surface area contributed by atoms with Crippen LogP contribution in [0.25, 0.3) is 0 Å². The van der Waals surface area contributed by atoms with Crippen LogP contribution in [0.4, 0.5) is 0 Å². The van der Waals surface area contributed by atoms with Crippen LogP contribution in [0.15, 0.2) is 0 Å². The van der Waals surface area contributed by atoms with Crippen LogP contribution in [0.1, 0.15) is 40.0 Å². The van der Waals surface area contributed by atoms with E-state index >= 15 is 0 Å². The van der Waals surface area contributed by atoms with E-state index in [4.69, 9.17) is 0 Å². The van der Waals surface area contributed by atoms with Crippen LogP contribution < -0.4 is 5.32 Å². The predicted molar refractivity (Wildman–Crippen MR) is 64.6 cm³/mol.